The Bertz CT molecular complexity index is 675. The molecule has 1 aliphatic rings. The number of aryl methyl sites for hydroxylation is 1. The van der Waals surface area contributed by atoms with Crippen LogP contribution in [-0.4, -0.2) is 39.0 Å². The van der Waals surface area contributed by atoms with Gasteiger partial charge in [-0.2, -0.15) is 0 Å². The summed E-state index contributed by atoms with van der Waals surface area (Å²) in [7, 11) is 0. The fourth-order valence-electron chi connectivity index (χ4n) is 2.44. The van der Waals surface area contributed by atoms with Gasteiger partial charge in [0.1, 0.15) is 12.0 Å². The second kappa shape index (κ2) is 5.92. The normalized spacial score (nSPS) is 17.5. The second-order valence-corrected chi connectivity index (χ2v) is 5.23. The molecule has 22 heavy (non-hydrogen) atoms. The molecule has 0 aliphatic carbocycles. The van der Waals surface area contributed by atoms with E-state index < -0.39 is 4.92 Å². The van der Waals surface area contributed by atoms with Crippen molar-refractivity contribution in [2.24, 2.45) is 0 Å². The molecular weight excluding hydrogens is 284 g/mol. The van der Waals surface area contributed by atoms with Crippen LogP contribution >= 0.6 is 0 Å². The van der Waals surface area contributed by atoms with Crippen molar-refractivity contribution in [2.75, 3.05) is 23.3 Å². The first-order valence-electron chi connectivity index (χ1n) is 7.03. The van der Waals surface area contributed by atoms with E-state index in [9.17, 15) is 10.1 Å². The highest BCUT2D eigenvalue weighted by Gasteiger charge is 2.24. The van der Waals surface area contributed by atoms with Crippen molar-refractivity contribution in [1.82, 2.24) is 15.0 Å². The maximum absolute atomic E-state index is 10.6. The first-order valence-corrected chi connectivity index (χ1v) is 7.03. The number of hydrogen-bond acceptors (Lipinski definition) is 7. The van der Waals surface area contributed by atoms with E-state index in [0.717, 1.165) is 31.2 Å². The second-order valence-electron chi connectivity index (χ2n) is 5.23. The molecule has 0 aromatic carbocycles. The number of anilines is 2. The van der Waals surface area contributed by atoms with Crippen LogP contribution in [0.4, 0.5) is 17.5 Å². The molecule has 0 spiro atoms. The van der Waals surface area contributed by atoms with Crippen LogP contribution in [-0.2, 0) is 0 Å². The molecule has 2 aromatic heterocycles. The Labute approximate surface area is 127 Å². The predicted octanol–water partition coefficient (Wildman–Crippen LogP) is 1.78. The van der Waals surface area contributed by atoms with Crippen LogP contribution in [0, 0.1) is 17.0 Å². The average molecular weight is 300 g/mol. The Kier molecular flexibility index (Phi) is 3.82. The lowest BCUT2D eigenvalue weighted by molar-refractivity contribution is -0.385. The smallest absolute Gasteiger partial charge is 0.287 e. The average Bonchev–Trinajstić information content (AvgIpc) is 2.96. The molecule has 8 nitrogen and oxygen atoms in total. The van der Waals surface area contributed by atoms with Crippen LogP contribution in [0.25, 0.3) is 0 Å². The van der Waals surface area contributed by atoms with Crippen LogP contribution in [0.5, 0.6) is 0 Å². The van der Waals surface area contributed by atoms with Crippen molar-refractivity contribution < 1.29 is 4.92 Å². The molecule has 1 saturated heterocycles. The quantitative estimate of drug-likeness (QED) is 0.679. The minimum Gasteiger partial charge on any atom is -0.365 e. The highest BCUT2D eigenvalue weighted by Crippen LogP contribution is 2.19. The maximum atomic E-state index is 10.6. The van der Waals surface area contributed by atoms with E-state index in [1.807, 2.05) is 13.0 Å². The van der Waals surface area contributed by atoms with E-state index in [0.29, 0.717) is 5.82 Å². The Hall–Kier alpha value is -2.77. The summed E-state index contributed by atoms with van der Waals surface area (Å²) in [6.07, 6.45) is 3.96. The zero-order valence-electron chi connectivity index (χ0n) is 12.1. The first kappa shape index (κ1) is 14.2. The molecular formula is C14H16N6O2. The molecule has 3 rings (SSSR count). The number of nitro groups is 1. The summed E-state index contributed by atoms with van der Waals surface area (Å²) in [5, 5.41) is 13.9. The summed E-state index contributed by atoms with van der Waals surface area (Å²) in [5.41, 5.74) is 0.935. The summed E-state index contributed by atoms with van der Waals surface area (Å²) >= 11 is 0. The molecule has 1 unspecified atom stereocenters. The topological polar surface area (TPSA) is 97.1 Å². The van der Waals surface area contributed by atoms with Gasteiger partial charge in [-0.3, -0.25) is 10.1 Å². The van der Waals surface area contributed by atoms with Crippen LogP contribution in [0.2, 0.25) is 0 Å². The van der Waals surface area contributed by atoms with Gasteiger partial charge < -0.3 is 10.2 Å². The molecule has 1 fully saturated rings. The zero-order chi connectivity index (χ0) is 15.5. The van der Waals surface area contributed by atoms with E-state index in [1.54, 1.807) is 12.3 Å². The van der Waals surface area contributed by atoms with Gasteiger partial charge in [0.25, 0.3) is 5.69 Å². The molecule has 1 N–H and O–H groups in total. The molecule has 114 valence electrons. The lowest BCUT2D eigenvalue weighted by Gasteiger charge is -2.17. The Balaban J connectivity index is 1.62. The van der Waals surface area contributed by atoms with Gasteiger partial charge in [0.05, 0.1) is 4.92 Å². The monoisotopic (exact) mass is 300 g/mol. The lowest BCUT2D eigenvalue weighted by atomic mass is 10.2. The van der Waals surface area contributed by atoms with E-state index in [2.05, 4.69) is 25.2 Å². The van der Waals surface area contributed by atoms with E-state index in [1.165, 1.54) is 12.3 Å². The summed E-state index contributed by atoms with van der Waals surface area (Å²) in [4.78, 5) is 25.1. The van der Waals surface area contributed by atoms with Crippen molar-refractivity contribution in [3.05, 3.63) is 46.4 Å². The Morgan fingerprint density at radius 3 is 2.91 bits per heavy atom. The van der Waals surface area contributed by atoms with Crippen molar-refractivity contribution in [3.63, 3.8) is 0 Å². The molecule has 8 heteroatoms. The van der Waals surface area contributed by atoms with Gasteiger partial charge in [-0.15, -0.1) is 0 Å². The summed E-state index contributed by atoms with van der Waals surface area (Å²) < 4.78 is 0. The summed E-state index contributed by atoms with van der Waals surface area (Å²) in [6.45, 7) is 3.59. The summed E-state index contributed by atoms with van der Waals surface area (Å²) in [6, 6.07) is 5.17. The number of nitrogens with one attached hydrogen (secondary N) is 1. The molecule has 0 saturated carbocycles. The van der Waals surface area contributed by atoms with Gasteiger partial charge in [0.2, 0.25) is 5.95 Å². The third-order valence-electron chi connectivity index (χ3n) is 3.56. The zero-order valence-corrected chi connectivity index (χ0v) is 12.1. The van der Waals surface area contributed by atoms with Crippen LogP contribution < -0.4 is 10.2 Å². The molecule has 1 atom stereocenters. The largest absolute Gasteiger partial charge is 0.365 e. The van der Waals surface area contributed by atoms with Crippen molar-refractivity contribution in [3.8, 4) is 0 Å². The van der Waals surface area contributed by atoms with E-state index in [-0.39, 0.29) is 11.7 Å². The van der Waals surface area contributed by atoms with Gasteiger partial charge in [0, 0.05) is 37.1 Å². The number of aromatic nitrogens is 3. The van der Waals surface area contributed by atoms with Gasteiger partial charge in [-0.05, 0) is 25.5 Å². The lowest BCUT2D eigenvalue weighted by Crippen LogP contribution is -2.27. The van der Waals surface area contributed by atoms with E-state index in [4.69, 9.17) is 0 Å². The fourth-order valence-corrected chi connectivity index (χ4v) is 2.44. The van der Waals surface area contributed by atoms with Gasteiger partial charge >= 0.3 is 0 Å². The number of pyridine rings is 1. The summed E-state index contributed by atoms with van der Waals surface area (Å²) in [5.74, 6) is 1.38. The van der Waals surface area contributed by atoms with E-state index >= 15 is 0 Å². The van der Waals surface area contributed by atoms with Crippen molar-refractivity contribution >= 4 is 17.5 Å². The van der Waals surface area contributed by atoms with Gasteiger partial charge in [0.15, 0.2) is 0 Å². The predicted molar refractivity (Wildman–Crippen MR) is 81.9 cm³/mol. The van der Waals surface area contributed by atoms with Crippen molar-refractivity contribution in [1.29, 1.82) is 0 Å². The fraction of sp³-hybridized carbons (Fsp3) is 0.357. The third kappa shape index (κ3) is 3.11. The van der Waals surface area contributed by atoms with Gasteiger partial charge in [-0.25, -0.2) is 15.0 Å². The molecule has 0 amide bonds. The molecule has 0 radical (unpaired) electrons. The SMILES string of the molecule is Cc1ccnc(N2CCC(Nc3ccc([N+](=O)[O-])cn3)C2)n1. The van der Waals surface area contributed by atoms with Crippen molar-refractivity contribution in [2.45, 2.75) is 19.4 Å². The van der Waals surface area contributed by atoms with Gasteiger partial charge in [-0.1, -0.05) is 0 Å². The Morgan fingerprint density at radius 1 is 1.36 bits per heavy atom. The first-order chi connectivity index (χ1) is 10.6. The molecule has 2 aromatic rings. The number of nitrogens with zero attached hydrogens (tertiary/aromatic N) is 5. The van der Waals surface area contributed by atoms with Crippen LogP contribution in [0.3, 0.4) is 0 Å². The highest BCUT2D eigenvalue weighted by molar-refractivity contribution is 5.43. The van der Waals surface area contributed by atoms with Crippen LogP contribution in [0.1, 0.15) is 12.1 Å². The standard InChI is InChI=1S/C14H16N6O2/c1-10-4-6-15-14(17-10)19-7-5-11(9-19)18-13-3-2-12(8-16-13)20(21)22/h2-4,6,8,11H,5,7,9H2,1H3,(H,16,18). The number of rotatable bonds is 4. The highest BCUT2D eigenvalue weighted by atomic mass is 16.6. The molecule has 0 bridgehead atoms. The minimum absolute atomic E-state index is 0.00763. The molecule has 1 aliphatic heterocycles. The minimum atomic E-state index is -0.455. The van der Waals surface area contributed by atoms with Crippen LogP contribution in [0.15, 0.2) is 30.6 Å². The Morgan fingerprint density at radius 2 is 2.23 bits per heavy atom. The molecule has 3 heterocycles. The maximum Gasteiger partial charge on any atom is 0.287 e. The number of hydrogen-bond donors (Lipinski definition) is 1. The third-order valence-corrected chi connectivity index (χ3v) is 3.56.